The second-order valence-corrected chi connectivity index (χ2v) is 3.59. The van der Waals surface area contributed by atoms with Crippen LogP contribution in [-0.2, 0) is 4.79 Å². The maximum Gasteiger partial charge on any atom is 0.140 e. The highest BCUT2D eigenvalue weighted by Gasteiger charge is 2.16. The van der Waals surface area contributed by atoms with Gasteiger partial charge in [-0.15, -0.1) is 0 Å². The summed E-state index contributed by atoms with van der Waals surface area (Å²) in [6.07, 6.45) is 2.55. The van der Waals surface area contributed by atoms with Crippen molar-refractivity contribution in [3.05, 3.63) is 35.9 Å². The Morgan fingerprint density at radius 1 is 1.21 bits per heavy atom. The molecule has 0 radical (unpaired) electrons. The Kier molecular flexibility index (Phi) is 4.37. The fourth-order valence-corrected chi connectivity index (χ4v) is 1.76. The van der Waals surface area contributed by atoms with Crippen LogP contribution in [0.5, 0.6) is 0 Å². The number of hydrogen-bond donors (Lipinski definition) is 0. The van der Waals surface area contributed by atoms with E-state index in [2.05, 4.69) is 13.8 Å². The molecule has 1 rings (SSSR count). The zero-order valence-electron chi connectivity index (χ0n) is 8.99. The largest absolute Gasteiger partial charge is 0.299 e. The quantitative estimate of drug-likeness (QED) is 0.694. The molecule has 76 valence electrons. The van der Waals surface area contributed by atoms with Crippen molar-refractivity contribution in [3.8, 4) is 0 Å². The summed E-state index contributed by atoms with van der Waals surface area (Å²) in [5, 5.41) is 0. The first-order chi connectivity index (χ1) is 6.79. The second kappa shape index (κ2) is 5.58. The number of carbonyl (C=O) groups excluding carboxylic acids is 1. The highest BCUT2D eigenvalue weighted by molar-refractivity contribution is 5.85. The van der Waals surface area contributed by atoms with Crippen LogP contribution >= 0.6 is 0 Å². The van der Waals surface area contributed by atoms with Gasteiger partial charge in [-0.1, -0.05) is 44.2 Å². The average Bonchev–Trinajstić information content (AvgIpc) is 2.21. The van der Waals surface area contributed by atoms with Crippen LogP contribution in [0.4, 0.5) is 0 Å². The molecule has 0 saturated heterocycles. The van der Waals surface area contributed by atoms with Crippen molar-refractivity contribution in [2.75, 3.05) is 0 Å². The highest BCUT2D eigenvalue weighted by Crippen LogP contribution is 2.21. The first-order valence-corrected chi connectivity index (χ1v) is 5.37. The molecule has 1 atom stereocenters. The third-order valence-corrected chi connectivity index (χ3v) is 2.50. The average molecular weight is 190 g/mol. The molecule has 1 aromatic rings. The molecule has 1 nitrogen and oxygen atoms in total. The van der Waals surface area contributed by atoms with E-state index in [1.165, 1.54) is 0 Å². The van der Waals surface area contributed by atoms with Crippen molar-refractivity contribution in [1.82, 2.24) is 0 Å². The first kappa shape index (κ1) is 11.0. The van der Waals surface area contributed by atoms with Gasteiger partial charge < -0.3 is 0 Å². The minimum atomic E-state index is 0.108. The zero-order chi connectivity index (χ0) is 10.4. The molecule has 14 heavy (non-hydrogen) atoms. The van der Waals surface area contributed by atoms with Gasteiger partial charge in [0.15, 0.2) is 0 Å². The van der Waals surface area contributed by atoms with Crippen LogP contribution in [0.2, 0.25) is 0 Å². The lowest BCUT2D eigenvalue weighted by molar-refractivity contribution is -0.120. The van der Waals surface area contributed by atoms with Crippen LogP contribution in [0.15, 0.2) is 30.3 Å². The topological polar surface area (TPSA) is 17.1 Å². The van der Waals surface area contributed by atoms with Gasteiger partial charge >= 0.3 is 0 Å². The lowest BCUT2D eigenvalue weighted by Crippen LogP contribution is -2.11. The van der Waals surface area contributed by atoms with Gasteiger partial charge in [0.2, 0.25) is 0 Å². The summed E-state index contributed by atoms with van der Waals surface area (Å²) in [6.45, 7) is 4.13. The van der Waals surface area contributed by atoms with E-state index in [0.29, 0.717) is 12.2 Å². The standard InChI is InChI=1S/C13H18O/c1-3-8-13(14)12(4-2)11-9-6-5-7-10-11/h5-7,9-10,12H,3-4,8H2,1-2H3/t12-/m1/s1. The van der Waals surface area contributed by atoms with Gasteiger partial charge in [0, 0.05) is 12.3 Å². The minimum Gasteiger partial charge on any atom is -0.299 e. The number of benzene rings is 1. The van der Waals surface area contributed by atoms with E-state index < -0.39 is 0 Å². The Morgan fingerprint density at radius 2 is 1.86 bits per heavy atom. The van der Waals surface area contributed by atoms with Gasteiger partial charge in [-0.25, -0.2) is 0 Å². The van der Waals surface area contributed by atoms with Crippen molar-refractivity contribution in [1.29, 1.82) is 0 Å². The number of ketones is 1. The molecule has 0 aliphatic carbocycles. The SMILES string of the molecule is CCCC(=O)[C@H](CC)c1ccccc1. The third-order valence-electron chi connectivity index (χ3n) is 2.50. The predicted molar refractivity (Wildman–Crippen MR) is 59.4 cm³/mol. The fourth-order valence-electron chi connectivity index (χ4n) is 1.76. The fraction of sp³-hybridized carbons (Fsp3) is 0.462. The van der Waals surface area contributed by atoms with E-state index in [1.54, 1.807) is 0 Å². The van der Waals surface area contributed by atoms with E-state index in [4.69, 9.17) is 0 Å². The van der Waals surface area contributed by atoms with E-state index in [-0.39, 0.29) is 5.92 Å². The van der Waals surface area contributed by atoms with Gasteiger partial charge in [-0.3, -0.25) is 4.79 Å². The molecule has 0 fully saturated rings. The summed E-state index contributed by atoms with van der Waals surface area (Å²) in [5.41, 5.74) is 1.16. The lowest BCUT2D eigenvalue weighted by atomic mass is 9.90. The maximum atomic E-state index is 11.8. The Hall–Kier alpha value is -1.11. The van der Waals surface area contributed by atoms with Gasteiger partial charge in [-0.05, 0) is 18.4 Å². The Balaban J connectivity index is 2.77. The van der Waals surface area contributed by atoms with Crippen LogP contribution in [0.3, 0.4) is 0 Å². The zero-order valence-corrected chi connectivity index (χ0v) is 8.99. The van der Waals surface area contributed by atoms with Crippen molar-refractivity contribution in [2.45, 2.75) is 39.0 Å². The summed E-state index contributed by atoms with van der Waals surface area (Å²) < 4.78 is 0. The molecule has 0 unspecified atom stereocenters. The number of rotatable bonds is 5. The van der Waals surface area contributed by atoms with Crippen LogP contribution in [-0.4, -0.2) is 5.78 Å². The summed E-state index contributed by atoms with van der Waals surface area (Å²) in [5.74, 6) is 0.484. The first-order valence-electron chi connectivity index (χ1n) is 5.37. The molecule has 0 amide bonds. The third kappa shape index (κ3) is 2.69. The molecule has 1 aromatic carbocycles. The Labute approximate surface area is 86.1 Å². The molecule has 0 aromatic heterocycles. The molecule has 0 heterocycles. The summed E-state index contributed by atoms with van der Waals surface area (Å²) in [6, 6.07) is 10.1. The van der Waals surface area contributed by atoms with Crippen LogP contribution in [0.25, 0.3) is 0 Å². The van der Waals surface area contributed by atoms with E-state index in [1.807, 2.05) is 30.3 Å². The normalized spacial score (nSPS) is 12.4. The highest BCUT2D eigenvalue weighted by atomic mass is 16.1. The summed E-state index contributed by atoms with van der Waals surface area (Å²) in [4.78, 5) is 11.8. The molecule has 0 saturated carbocycles. The van der Waals surface area contributed by atoms with Crippen molar-refractivity contribution in [3.63, 3.8) is 0 Å². The molecule has 0 spiro atoms. The smallest absolute Gasteiger partial charge is 0.140 e. The molecule has 0 bridgehead atoms. The predicted octanol–water partition coefficient (Wildman–Crippen LogP) is 3.55. The van der Waals surface area contributed by atoms with Crippen LogP contribution in [0.1, 0.15) is 44.6 Å². The Bertz CT molecular complexity index is 277. The van der Waals surface area contributed by atoms with Crippen LogP contribution in [0, 0.1) is 0 Å². The summed E-state index contributed by atoms with van der Waals surface area (Å²) in [7, 11) is 0. The van der Waals surface area contributed by atoms with Gasteiger partial charge in [-0.2, -0.15) is 0 Å². The van der Waals surface area contributed by atoms with Crippen molar-refractivity contribution in [2.24, 2.45) is 0 Å². The second-order valence-electron chi connectivity index (χ2n) is 3.59. The van der Waals surface area contributed by atoms with E-state index in [9.17, 15) is 4.79 Å². The van der Waals surface area contributed by atoms with Gasteiger partial charge in [0.05, 0.1) is 0 Å². The minimum absolute atomic E-state index is 0.108. The van der Waals surface area contributed by atoms with Gasteiger partial charge in [0.25, 0.3) is 0 Å². The molecule has 0 aliphatic rings. The Morgan fingerprint density at radius 3 is 2.36 bits per heavy atom. The number of hydrogen-bond acceptors (Lipinski definition) is 1. The summed E-state index contributed by atoms with van der Waals surface area (Å²) >= 11 is 0. The van der Waals surface area contributed by atoms with Crippen molar-refractivity contribution >= 4 is 5.78 Å². The molecule has 0 N–H and O–H groups in total. The number of Topliss-reactive ketones (excluding diaryl/α,β-unsaturated/α-hetero) is 1. The molecular formula is C13H18O. The van der Waals surface area contributed by atoms with Gasteiger partial charge in [0.1, 0.15) is 5.78 Å². The maximum absolute atomic E-state index is 11.8. The lowest BCUT2D eigenvalue weighted by Gasteiger charge is -2.13. The molecule has 0 aliphatic heterocycles. The van der Waals surface area contributed by atoms with Crippen LogP contribution < -0.4 is 0 Å². The molecule has 1 heteroatoms. The van der Waals surface area contributed by atoms with Crippen molar-refractivity contribution < 1.29 is 4.79 Å². The number of carbonyl (C=O) groups is 1. The van der Waals surface area contributed by atoms with E-state index >= 15 is 0 Å². The molecular weight excluding hydrogens is 172 g/mol. The monoisotopic (exact) mass is 190 g/mol. The van der Waals surface area contributed by atoms with E-state index in [0.717, 1.165) is 18.4 Å².